The van der Waals surface area contributed by atoms with Crippen molar-refractivity contribution in [1.82, 2.24) is 0 Å². The van der Waals surface area contributed by atoms with Crippen LogP contribution in [0.1, 0.15) is 51.5 Å². The first kappa shape index (κ1) is 16.8. The summed E-state index contributed by atoms with van der Waals surface area (Å²) >= 11 is 3.65. The number of nitrogens with two attached hydrogens (primary N) is 1. The molecule has 21 heavy (non-hydrogen) atoms. The molecule has 118 valence electrons. The van der Waals surface area contributed by atoms with Gasteiger partial charge in [0, 0.05) is 10.0 Å². The molecule has 0 radical (unpaired) electrons. The number of hydrogen-bond acceptors (Lipinski definition) is 2. The van der Waals surface area contributed by atoms with E-state index in [-0.39, 0.29) is 5.54 Å². The Morgan fingerprint density at radius 2 is 2.19 bits per heavy atom. The van der Waals surface area contributed by atoms with Crippen LogP contribution in [0.4, 0.5) is 0 Å². The Labute approximate surface area is 137 Å². The molecule has 0 saturated heterocycles. The van der Waals surface area contributed by atoms with Crippen molar-refractivity contribution >= 4 is 15.9 Å². The lowest BCUT2D eigenvalue weighted by atomic mass is 9.71. The van der Waals surface area contributed by atoms with Gasteiger partial charge in [0.25, 0.3) is 0 Å². The molecule has 2 nitrogen and oxygen atoms in total. The van der Waals surface area contributed by atoms with Crippen molar-refractivity contribution in [3.63, 3.8) is 0 Å². The molecule has 2 N–H and O–H groups in total. The van der Waals surface area contributed by atoms with Crippen LogP contribution in [-0.2, 0) is 6.42 Å². The van der Waals surface area contributed by atoms with Crippen LogP contribution in [-0.4, -0.2) is 12.6 Å². The van der Waals surface area contributed by atoms with Crippen molar-refractivity contribution in [1.29, 1.82) is 0 Å². The third kappa shape index (κ3) is 4.72. The third-order valence-corrected chi connectivity index (χ3v) is 5.36. The second-order valence-corrected chi connectivity index (χ2v) is 7.94. The van der Waals surface area contributed by atoms with Gasteiger partial charge < -0.3 is 10.5 Å². The number of rotatable bonds is 5. The normalized spacial score (nSPS) is 26.1. The average molecular weight is 354 g/mol. The number of methoxy groups -OCH3 is 1. The highest BCUT2D eigenvalue weighted by Gasteiger charge is 2.33. The Kier molecular flexibility index (Phi) is 5.73. The SMILES string of the molecule is COc1ccc(Br)c(CC2(N)CCCC(CC(C)C)C2)c1. The summed E-state index contributed by atoms with van der Waals surface area (Å²) in [6.07, 6.45) is 7.11. The number of benzene rings is 1. The van der Waals surface area contributed by atoms with Crippen LogP contribution in [0.2, 0.25) is 0 Å². The molecule has 0 amide bonds. The fourth-order valence-corrected chi connectivity index (χ4v) is 4.13. The van der Waals surface area contributed by atoms with E-state index >= 15 is 0 Å². The molecule has 3 heteroatoms. The molecule has 0 bridgehead atoms. The van der Waals surface area contributed by atoms with Crippen LogP contribution < -0.4 is 10.5 Å². The van der Waals surface area contributed by atoms with Crippen LogP contribution in [0.15, 0.2) is 22.7 Å². The Bertz CT molecular complexity index is 474. The lowest BCUT2D eigenvalue weighted by molar-refractivity contribution is 0.200. The molecule has 1 saturated carbocycles. The van der Waals surface area contributed by atoms with Crippen LogP contribution in [0.3, 0.4) is 0 Å². The second kappa shape index (κ2) is 7.15. The van der Waals surface area contributed by atoms with Gasteiger partial charge in [-0.3, -0.25) is 0 Å². The van der Waals surface area contributed by atoms with Gasteiger partial charge in [-0.25, -0.2) is 0 Å². The van der Waals surface area contributed by atoms with Gasteiger partial charge >= 0.3 is 0 Å². The maximum atomic E-state index is 6.76. The zero-order valence-electron chi connectivity index (χ0n) is 13.5. The quantitative estimate of drug-likeness (QED) is 0.813. The maximum absolute atomic E-state index is 6.76. The summed E-state index contributed by atoms with van der Waals surface area (Å²) in [5.41, 5.74) is 7.96. The van der Waals surface area contributed by atoms with Gasteiger partial charge in [-0.2, -0.15) is 0 Å². The summed E-state index contributed by atoms with van der Waals surface area (Å²) in [6.45, 7) is 4.62. The van der Waals surface area contributed by atoms with Gasteiger partial charge in [-0.05, 0) is 61.3 Å². The molecule has 1 aromatic rings. The summed E-state index contributed by atoms with van der Waals surface area (Å²) < 4.78 is 6.48. The van der Waals surface area contributed by atoms with Crippen molar-refractivity contribution in [2.75, 3.05) is 7.11 Å². The van der Waals surface area contributed by atoms with Crippen molar-refractivity contribution in [3.05, 3.63) is 28.2 Å². The van der Waals surface area contributed by atoms with Gasteiger partial charge in [0.1, 0.15) is 5.75 Å². The van der Waals surface area contributed by atoms with Crippen molar-refractivity contribution in [2.24, 2.45) is 17.6 Å². The molecule has 2 rings (SSSR count). The smallest absolute Gasteiger partial charge is 0.119 e. The largest absolute Gasteiger partial charge is 0.497 e. The van der Waals surface area contributed by atoms with Gasteiger partial charge in [-0.1, -0.05) is 42.6 Å². The zero-order valence-corrected chi connectivity index (χ0v) is 15.1. The zero-order chi connectivity index (χ0) is 15.5. The third-order valence-electron chi connectivity index (χ3n) is 4.58. The summed E-state index contributed by atoms with van der Waals surface area (Å²) in [5, 5.41) is 0. The van der Waals surface area contributed by atoms with Gasteiger partial charge in [0.05, 0.1) is 7.11 Å². The molecule has 0 spiro atoms. The first-order valence-electron chi connectivity index (χ1n) is 8.03. The summed E-state index contributed by atoms with van der Waals surface area (Å²) in [7, 11) is 1.71. The molecule has 1 aromatic carbocycles. The molecular weight excluding hydrogens is 326 g/mol. The monoisotopic (exact) mass is 353 g/mol. The van der Waals surface area contributed by atoms with Crippen molar-refractivity contribution < 1.29 is 4.74 Å². The van der Waals surface area contributed by atoms with E-state index in [0.29, 0.717) is 0 Å². The predicted octanol–water partition coefficient (Wildman–Crippen LogP) is 4.93. The van der Waals surface area contributed by atoms with E-state index in [4.69, 9.17) is 10.5 Å². The molecular formula is C18H28BrNO. The highest BCUT2D eigenvalue weighted by Crippen LogP contribution is 2.37. The predicted molar refractivity (Wildman–Crippen MR) is 92.7 cm³/mol. The van der Waals surface area contributed by atoms with Gasteiger partial charge in [-0.15, -0.1) is 0 Å². The first-order chi connectivity index (χ1) is 9.92. The topological polar surface area (TPSA) is 35.2 Å². The van der Waals surface area contributed by atoms with Crippen LogP contribution in [0.25, 0.3) is 0 Å². The number of hydrogen-bond donors (Lipinski definition) is 1. The Balaban J connectivity index is 2.09. The van der Waals surface area contributed by atoms with E-state index in [1.807, 2.05) is 6.07 Å². The molecule has 1 aliphatic carbocycles. The summed E-state index contributed by atoms with van der Waals surface area (Å²) in [4.78, 5) is 0. The Morgan fingerprint density at radius 3 is 2.86 bits per heavy atom. The molecule has 1 fully saturated rings. The highest BCUT2D eigenvalue weighted by molar-refractivity contribution is 9.10. The highest BCUT2D eigenvalue weighted by atomic mass is 79.9. The van der Waals surface area contributed by atoms with Crippen molar-refractivity contribution in [3.8, 4) is 5.75 Å². The van der Waals surface area contributed by atoms with Crippen LogP contribution in [0, 0.1) is 11.8 Å². The molecule has 2 unspecified atom stereocenters. The van der Waals surface area contributed by atoms with E-state index in [2.05, 4.69) is 41.9 Å². The maximum Gasteiger partial charge on any atom is 0.119 e. The lowest BCUT2D eigenvalue weighted by Crippen LogP contribution is -2.46. The van der Waals surface area contributed by atoms with E-state index < -0.39 is 0 Å². The minimum atomic E-state index is -0.0628. The van der Waals surface area contributed by atoms with Gasteiger partial charge in [0.2, 0.25) is 0 Å². The van der Waals surface area contributed by atoms with E-state index in [9.17, 15) is 0 Å². The average Bonchev–Trinajstić information content (AvgIpc) is 2.40. The van der Waals surface area contributed by atoms with Gasteiger partial charge in [0.15, 0.2) is 0 Å². The summed E-state index contributed by atoms with van der Waals surface area (Å²) in [5.74, 6) is 2.46. The number of ether oxygens (including phenoxy) is 1. The van der Waals surface area contributed by atoms with E-state index in [1.54, 1.807) is 7.11 Å². The fraction of sp³-hybridized carbons (Fsp3) is 0.667. The Hall–Kier alpha value is -0.540. The second-order valence-electron chi connectivity index (χ2n) is 7.09. The molecule has 0 aliphatic heterocycles. The number of halogens is 1. The van der Waals surface area contributed by atoms with Crippen LogP contribution in [0.5, 0.6) is 5.75 Å². The molecule has 0 heterocycles. The minimum absolute atomic E-state index is 0.0628. The van der Waals surface area contributed by atoms with Crippen molar-refractivity contribution in [2.45, 2.75) is 57.9 Å². The van der Waals surface area contributed by atoms with E-state index in [0.717, 1.165) is 41.3 Å². The molecule has 0 aromatic heterocycles. The Morgan fingerprint density at radius 1 is 1.43 bits per heavy atom. The summed E-state index contributed by atoms with van der Waals surface area (Å²) in [6, 6.07) is 6.16. The minimum Gasteiger partial charge on any atom is -0.497 e. The lowest BCUT2D eigenvalue weighted by Gasteiger charge is -2.39. The van der Waals surface area contributed by atoms with E-state index in [1.165, 1.54) is 24.8 Å². The van der Waals surface area contributed by atoms with Crippen LogP contribution >= 0.6 is 15.9 Å². The fourth-order valence-electron chi connectivity index (χ4n) is 3.74. The molecule has 1 aliphatic rings. The first-order valence-corrected chi connectivity index (χ1v) is 8.82. The molecule has 2 atom stereocenters. The standard InChI is InChI=1S/C18H28BrNO/c1-13(2)9-14-5-4-8-18(20,11-14)12-15-10-16(21-3)6-7-17(15)19/h6-7,10,13-14H,4-5,8-9,11-12,20H2,1-3H3.